The van der Waals surface area contributed by atoms with E-state index in [1.807, 2.05) is 4.90 Å². The van der Waals surface area contributed by atoms with E-state index in [1.165, 1.54) is 12.8 Å². The molecule has 3 nitrogen and oxygen atoms in total. The van der Waals surface area contributed by atoms with Crippen molar-refractivity contribution in [3.05, 3.63) is 0 Å². The summed E-state index contributed by atoms with van der Waals surface area (Å²) < 4.78 is 0. The molecule has 2 atom stereocenters. The summed E-state index contributed by atoms with van der Waals surface area (Å²) in [6.45, 7) is 7.85. The third kappa shape index (κ3) is 3.82. The van der Waals surface area contributed by atoms with Crippen LogP contribution >= 0.6 is 0 Å². The molecule has 1 fully saturated rings. The van der Waals surface area contributed by atoms with E-state index >= 15 is 0 Å². The third-order valence-electron chi connectivity index (χ3n) is 3.34. The molecule has 0 bridgehead atoms. The zero-order valence-corrected chi connectivity index (χ0v) is 10.3. The SMILES string of the molecule is CCC(C)NCC(=O)N1CCCCC1C. The quantitative estimate of drug-likeness (QED) is 0.770. The van der Waals surface area contributed by atoms with E-state index in [0.29, 0.717) is 18.6 Å². The average Bonchev–Trinajstić information content (AvgIpc) is 2.26. The minimum atomic E-state index is 0.266. The normalized spacial score (nSPS) is 23.9. The summed E-state index contributed by atoms with van der Waals surface area (Å²) in [4.78, 5) is 13.9. The molecule has 15 heavy (non-hydrogen) atoms. The van der Waals surface area contributed by atoms with Gasteiger partial charge in [-0.05, 0) is 39.5 Å². The van der Waals surface area contributed by atoms with Gasteiger partial charge in [-0.25, -0.2) is 0 Å². The molecule has 0 aromatic rings. The highest BCUT2D eigenvalue weighted by Crippen LogP contribution is 2.15. The van der Waals surface area contributed by atoms with Crippen molar-refractivity contribution in [2.75, 3.05) is 13.1 Å². The summed E-state index contributed by atoms with van der Waals surface area (Å²) in [5.74, 6) is 0.266. The number of carbonyl (C=O) groups excluding carboxylic acids is 1. The zero-order valence-electron chi connectivity index (χ0n) is 10.3. The van der Waals surface area contributed by atoms with Gasteiger partial charge in [-0.2, -0.15) is 0 Å². The maximum Gasteiger partial charge on any atom is 0.236 e. The molecule has 2 unspecified atom stereocenters. The van der Waals surface area contributed by atoms with Crippen molar-refractivity contribution in [1.82, 2.24) is 10.2 Å². The Balaban J connectivity index is 2.32. The van der Waals surface area contributed by atoms with Crippen LogP contribution in [0.15, 0.2) is 0 Å². The lowest BCUT2D eigenvalue weighted by molar-refractivity contribution is -0.133. The van der Waals surface area contributed by atoms with Crippen molar-refractivity contribution >= 4 is 5.91 Å². The monoisotopic (exact) mass is 212 g/mol. The second-order valence-corrected chi connectivity index (χ2v) is 4.62. The predicted molar refractivity (Wildman–Crippen MR) is 62.8 cm³/mol. The molecule has 1 aliphatic rings. The van der Waals surface area contributed by atoms with E-state index in [0.717, 1.165) is 19.4 Å². The van der Waals surface area contributed by atoms with Crippen molar-refractivity contribution in [3.8, 4) is 0 Å². The Morgan fingerprint density at radius 2 is 2.27 bits per heavy atom. The molecule has 1 aliphatic heterocycles. The number of carbonyl (C=O) groups is 1. The molecular weight excluding hydrogens is 188 g/mol. The van der Waals surface area contributed by atoms with Crippen LogP contribution < -0.4 is 5.32 Å². The van der Waals surface area contributed by atoms with E-state index in [2.05, 4.69) is 26.1 Å². The second-order valence-electron chi connectivity index (χ2n) is 4.62. The molecule has 88 valence electrons. The standard InChI is InChI=1S/C12H24N2O/c1-4-10(2)13-9-12(15)14-8-6-5-7-11(14)3/h10-11,13H,4-9H2,1-3H3. The third-order valence-corrected chi connectivity index (χ3v) is 3.34. The zero-order chi connectivity index (χ0) is 11.3. The van der Waals surface area contributed by atoms with Gasteiger partial charge in [0.2, 0.25) is 5.91 Å². The Bertz CT molecular complexity index is 206. The van der Waals surface area contributed by atoms with E-state index in [-0.39, 0.29) is 5.91 Å². The largest absolute Gasteiger partial charge is 0.339 e. The van der Waals surface area contributed by atoms with Crippen LogP contribution in [0, 0.1) is 0 Å². The van der Waals surface area contributed by atoms with Crippen LogP contribution in [0.4, 0.5) is 0 Å². The number of hydrogen-bond donors (Lipinski definition) is 1. The van der Waals surface area contributed by atoms with E-state index in [9.17, 15) is 4.79 Å². The summed E-state index contributed by atoms with van der Waals surface area (Å²) in [6.07, 6.45) is 4.67. The number of nitrogens with one attached hydrogen (secondary N) is 1. The maximum absolute atomic E-state index is 11.9. The molecule has 0 saturated carbocycles. The lowest BCUT2D eigenvalue weighted by Crippen LogP contribution is -2.47. The highest BCUT2D eigenvalue weighted by atomic mass is 16.2. The predicted octanol–water partition coefficient (Wildman–Crippen LogP) is 1.78. The van der Waals surface area contributed by atoms with Gasteiger partial charge in [-0.15, -0.1) is 0 Å². The average molecular weight is 212 g/mol. The molecule has 0 aromatic carbocycles. The highest BCUT2D eigenvalue weighted by Gasteiger charge is 2.22. The highest BCUT2D eigenvalue weighted by molar-refractivity contribution is 5.78. The van der Waals surface area contributed by atoms with Crippen LogP contribution in [0.3, 0.4) is 0 Å². The fourth-order valence-corrected chi connectivity index (χ4v) is 1.98. The Morgan fingerprint density at radius 1 is 1.53 bits per heavy atom. The molecule has 1 N–H and O–H groups in total. The molecule has 3 heteroatoms. The van der Waals surface area contributed by atoms with Gasteiger partial charge in [0.1, 0.15) is 0 Å². The van der Waals surface area contributed by atoms with Crippen LogP contribution in [-0.4, -0.2) is 36.0 Å². The number of nitrogens with zero attached hydrogens (tertiary/aromatic N) is 1. The van der Waals surface area contributed by atoms with Crippen LogP contribution in [0.5, 0.6) is 0 Å². The first-order valence-electron chi connectivity index (χ1n) is 6.18. The molecule has 0 spiro atoms. The minimum absolute atomic E-state index is 0.266. The van der Waals surface area contributed by atoms with Crippen LogP contribution in [-0.2, 0) is 4.79 Å². The van der Waals surface area contributed by atoms with Gasteiger partial charge in [0.05, 0.1) is 6.54 Å². The van der Waals surface area contributed by atoms with E-state index in [1.54, 1.807) is 0 Å². The van der Waals surface area contributed by atoms with Crippen molar-refractivity contribution in [3.63, 3.8) is 0 Å². The number of rotatable bonds is 4. The van der Waals surface area contributed by atoms with Crippen LogP contribution in [0.1, 0.15) is 46.5 Å². The molecule has 0 radical (unpaired) electrons. The molecule has 1 saturated heterocycles. The molecular formula is C12H24N2O. The molecule has 0 aliphatic carbocycles. The van der Waals surface area contributed by atoms with Gasteiger partial charge in [0, 0.05) is 18.6 Å². The first kappa shape index (κ1) is 12.5. The number of hydrogen-bond acceptors (Lipinski definition) is 2. The Kier molecular flexibility index (Phi) is 5.09. The van der Waals surface area contributed by atoms with Crippen molar-refractivity contribution < 1.29 is 4.79 Å². The number of piperidine rings is 1. The van der Waals surface area contributed by atoms with Crippen molar-refractivity contribution in [1.29, 1.82) is 0 Å². The van der Waals surface area contributed by atoms with E-state index in [4.69, 9.17) is 0 Å². The first-order chi connectivity index (χ1) is 7.15. The molecule has 1 amide bonds. The number of amides is 1. The summed E-state index contributed by atoms with van der Waals surface area (Å²) in [5, 5.41) is 3.26. The van der Waals surface area contributed by atoms with E-state index < -0.39 is 0 Å². The molecule has 0 aromatic heterocycles. The fourth-order valence-electron chi connectivity index (χ4n) is 1.98. The smallest absolute Gasteiger partial charge is 0.236 e. The Morgan fingerprint density at radius 3 is 2.87 bits per heavy atom. The van der Waals surface area contributed by atoms with Gasteiger partial charge >= 0.3 is 0 Å². The van der Waals surface area contributed by atoms with Gasteiger partial charge in [0.15, 0.2) is 0 Å². The summed E-state index contributed by atoms with van der Waals surface area (Å²) in [5.41, 5.74) is 0. The van der Waals surface area contributed by atoms with Gasteiger partial charge in [-0.3, -0.25) is 4.79 Å². The molecule has 1 heterocycles. The maximum atomic E-state index is 11.9. The topological polar surface area (TPSA) is 32.3 Å². The summed E-state index contributed by atoms with van der Waals surface area (Å²) in [7, 11) is 0. The number of likely N-dealkylation sites (tertiary alicyclic amines) is 1. The lowest BCUT2D eigenvalue weighted by atomic mass is 10.0. The van der Waals surface area contributed by atoms with Gasteiger partial charge < -0.3 is 10.2 Å². The van der Waals surface area contributed by atoms with Crippen molar-refractivity contribution in [2.45, 2.75) is 58.5 Å². The van der Waals surface area contributed by atoms with Crippen molar-refractivity contribution in [2.24, 2.45) is 0 Å². The summed E-state index contributed by atoms with van der Waals surface area (Å²) in [6, 6.07) is 0.874. The van der Waals surface area contributed by atoms with Gasteiger partial charge in [0.25, 0.3) is 0 Å². The Hall–Kier alpha value is -0.570. The molecule has 1 rings (SSSR count). The second kappa shape index (κ2) is 6.11. The first-order valence-corrected chi connectivity index (χ1v) is 6.18. The van der Waals surface area contributed by atoms with Crippen LogP contribution in [0.25, 0.3) is 0 Å². The minimum Gasteiger partial charge on any atom is -0.339 e. The fraction of sp³-hybridized carbons (Fsp3) is 0.917. The Labute approximate surface area is 93.2 Å². The van der Waals surface area contributed by atoms with Gasteiger partial charge in [-0.1, -0.05) is 6.92 Å². The van der Waals surface area contributed by atoms with Crippen LogP contribution in [0.2, 0.25) is 0 Å². The summed E-state index contributed by atoms with van der Waals surface area (Å²) >= 11 is 0. The lowest BCUT2D eigenvalue weighted by Gasteiger charge is -2.33.